The van der Waals surface area contributed by atoms with Crippen molar-refractivity contribution >= 4 is 66.5 Å². The third-order valence-electron chi connectivity index (χ3n) is 15.1. The zero-order valence-electron chi connectivity index (χ0n) is 39.9. The van der Waals surface area contributed by atoms with Gasteiger partial charge in [-0.05, 0) is 64.9 Å². The third kappa shape index (κ3) is 6.07. The summed E-state index contributed by atoms with van der Waals surface area (Å²) >= 11 is 0. The van der Waals surface area contributed by atoms with Gasteiger partial charge in [-0.1, -0.05) is 178 Å². The first-order valence-electron chi connectivity index (χ1n) is 24.6. The molecule has 0 bridgehead atoms. The van der Waals surface area contributed by atoms with Crippen LogP contribution in [0.1, 0.15) is 25.0 Å². The first-order chi connectivity index (χ1) is 35.9. The molecule has 0 atom stereocenters. The van der Waals surface area contributed by atoms with E-state index in [4.69, 9.17) is 36.5 Å². The molecule has 73 heavy (non-hydrogen) atoms. The first-order valence-corrected chi connectivity index (χ1v) is 24.6. The molecular formula is C65H42N8. The number of para-hydroxylation sites is 2. The normalized spacial score (nSPS) is 13.0. The van der Waals surface area contributed by atoms with E-state index >= 15 is 0 Å². The number of hydrogen-bond donors (Lipinski definition) is 0. The van der Waals surface area contributed by atoms with Gasteiger partial charge in [0.15, 0.2) is 34.9 Å². The molecule has 0 aliphatic carbocycles. The van der Waals surface area contributed by atoms with E-state index < -0.39 is 0 Å². The largest absolute Gasteiger partial charge is 0.309 e. The monoisotopic (exact) mass is 934 g/mol. The van der Waals surface area contributed by atoms with Crippen molar-refractivity contribution in [3.63, 3.8) is 0 Å². The molecule has 15 rings (SSSR count). The molecule has 1 aliphatic heterocycles. The second kappa shape index (κ2) is 15.4. The highest BCUT2D eigenvalue weighted by molar-refractivity contribution is 6.31. The maximum Gasteiger partial charge on any atom is 0.164 e. The van der Waals surface area contributed by atoms with Crippen molar-refractivity contribution in [2.24, 2.45) is 0 Å². The Kier molecular flexibility index (Phi) is 8.69. The average Bonchev–Trinajstić information content (AvgIpc) is 3.96. The summed E-state index contributed by atoms with van der Waals surface area (Å²) in [5.41, 5.74) is 14.3. The number of nitrogens with zero attached hydrogens (tertiary/aromatic N) is 8. The van der Waals surface area contributed by atoms with Crippen LogP contribution in [0.3, 0.4) is 0 Å². The second-order valence-corrected chi connectivity index (χ2v) is 19.6. The van der Waals surface area contributed by atoms with Crippen molar-refractivity contribution in [2.45, 2.75) is 19.3 Å². The molecule has 14 aromatic rings. The summed E-state index contributed by atoms with van der Waals surface area (Å²) in [7, 11) is 0. The molecule has 0 unspecified atom stereocenters. The SMILES string of the molecule is C=c1c2ccccc2n2c3ccc(-c4nc(-c5ccccc5)nc(-c5ccccc5)n4)cc3c3cc4c(c5cc(-c6nc(-c7ccccc7)nc(-c7ccccc7)n6)cc6c5n4-c4ccccc4C6(C)C)c1c32. The summed E-state index contributed by atoms with van der Waals surface area (Å²) in [5.74, 6) is 3.73. The number of rotatable bonds is 6. The van der Waals surface area contributed by atoms with E-state index in [0.717, 1.165) is 98.7 Å². The molecule has 0 N–H and O–H groups in total. The van der Waals surface area contributed by atoms with Gasteiger partial charge in [0.1, 0.15) is 0 Å². The fourth-order valence-electron chi connectivity index (χ4n) is 11.6. The van der Waals surface area contributed by atoms with Crippen LogP contribution in [0.2, 0.25) is 0 Å². The number of aromatic nitrogens is 8. The van der Waals surface area contributed by atoms with Crippen LogP contribution in [0.4, 0.5) is 0 Å². The van der Waals surface area contributed by atoms with Gasteiger partial charge in [-0.2, -0.15) is 0 Å². The zero-order chi connectivity index (χ0) is 48.5. The van der Waals surface area contributed by atoms with Gasteiger partial charge in [-0.3, -0.25) is 0 Å². The Balaban J connectivity index is 1.07. The fourth-order valence-corrected chi connectivity index (χ4v) is 11.6. The molecular weight excluding hydrogens is 893 g/mol. The topological polar surface area (TPSA) is 86.7 Å². The van der Waals surface area contributed by atoms with Crippen molar-refractivity contribution in [1.29, 1.82) is 0 Å². The van der Waals surface area contributed by atoms with Gasteiger partial charge in [0.25, 0.3) is 0 Å². The summed E-state index contributed by atoms with van der Waals surface area (Å²) in [6.07, 6.45) is 0. The first kappa shape index (κ1) is 41.2. The van der Waals surface area contributed by atoms with Crippen LogP contribution in [-0.4, -0.2) is 38.9 Å². The van der Waals surface area contributed by atoms with E-state index in [2.05, 4.69) is 132 Å². The van der Waals surface area contributed by atoms with E-state index in [-0.39, 0.29) is 5.41 Å². The average molecular weight is 935 g/mol. The fraction of sp³-hybridized carbons (Fsp3) is 0.0462. The standard InChI is InChI=1S/C65H42N8/c1-38-45-28-16-18-30-51(45)72-52-33-32-43(63-68-59(39-20-8-4-9-21-39)66-60(69-63)40-22-10-5-11-23-40)34-46(52)47-37-54-56(55(38)58(47)72)48-35-44(36-50-57(48)73(54)53-31-19-17-29-49(53)65(50,2)3)64-70-61(41-24-12-6-13-25-41)67-62(71-64)42-26-14-7-15-27-42/h4-37H,1H2,2-3H3. The quantitative estimate of drug-likeness (QED) is 0.154. The van der Waals surface area contributed by atoms with Crippen LogP contribution in [0.5, 0.6) is 0 Å². The molecule has 9 aromatic carbocycles. The minimum atomic E-state index is -0.383. The number of pyridine rings is 1. The molecule has 6 heterocycles. The molecule has 342 valence electrons. The van der Waals surface area contributed by atoms with E-state index in [9.17, 15) is 0 Å². The van der Waals surface area contributed by atoms with Crippen LogP contribution in [0, 0.1) is 0 Å². The molecule has 0 radical (unpaired) electrons. The molecule has 1 aliphatic rings. The van der Waals surface area contributed by atoms with E-state index in [1.165, 1.54) is 16.6 Å². The maximum atomic E-state index is 5.28. The summed E-state index contributed by atoms with van der Waals surface area (Å²) in [5, 5.41) is 7.66. The van der Waals surface area contributed by atoms with E-state index in [0.29, 0.717) is 34.9 Å². The lowest BCUT2D eigenvalue weighted by atomic mass is 9.74. The summed E-state index contributed by atoms with van der Waals surface area (Å²) < 4.78 is 4.95. The molecule has 0 spiro atoms. The van der Waals surface area contributed by atoms with Gasteiger partial charge in [0.2, 0.25) is 0 Å². The highest BCUT2D eigenvalue weighted by atomic mass is 15.1. The summed E-state index contributed by atoms with van der Waals surface area (Å²) in [6, 6.07) is 71.9. The van der Waals surface area contributed by atoms with Crippen molar-refractivity contribution in [3.05, 3.63) is 223 Å². The smallest absolute Gasteiger partial charge is 0.164 e. The molecule has 0 saturated carbocycles. The third-order valence-corrected chi connectivity index (χ3v) is 15.1. The van der Waals surface area contributed by atoms with Gasteiger partial charge >= 0.3 is 0 Å². The molecule has 0 fully saturated rings. The van der Waals surface area contributed by atoms with E-state index in [1.54, 1.807) is 0 Å². The van der Waals surface area contributed by atoms with Crippen molar-refractivity contribution in [2.75, 3.05) is 0 Å². The van der Waals surface area contributed by atoms with Crippen molar-refractivity contribution in [3.8, 4) is 74.0 Å². The minimum Gasteiger partial charge on any atom is -0.309 e. The highest BCUT2D eigenvalue weighted by Gasteiger charge is 2.37. The lowest BCUT2D eigenvalue weighted by Crippen LogP contribution is -2.26. The van der Waals surface area contributed by atoms with Gasteiger partial charge in [0, 0.05) is 71.1 Å². The van der Waals surface area contributed by atoms with Gasteiger partial charge in [-0.25, -0.2) is 29.9 Å². The van der Waals surface area contributed by atoms with Crippen LogP contribution < -0.4 is 5.22 Å². The lowest BCUT2D eigenvalue weighted by molar-refractivity contribution is 0.630. The Bertz CT molecular complexity index is 4520. The maximum absolute atomic E-state index is 5.28. The van der Waals surface area contributed by atoms with Gasteiger partial charge < -0.3 is 8.97 Å². The van der Waals surface area contributed by atoms with Crippen LogP contribution >= 0.6 is 0 Å². The number of fused-ring (bicyclic) bond motifs is 11. The molecule has 8 nitrogen and oxygen atoms in total. The summed E-state index contributed by atoms with van der Waals surface area (Å²) in [4.78, 5) is 31.0. The Hall–Kier alpha value is -9.66. The van der Waals surface area contributed by atoms with Crippen LogP contribution in [0.25, 0.3) is 140 Å². The molecule has 5 aromatic heterocycles. The molecule has 0 amide bonds. The number of benzene rings is 9. The minimum absolute atomic E-state index is 0.383. The van der Waals surface area contributed by atoms with Crippen LogP contribution in [-0.2, 0) is 5.41 Å². The molecule has 0 saturated heterocycles. The zero-order valence-corrected chi connectivity index (χ0v) is 39.9. The van der Waals surface area contributed by atoms with Gasteiger partial charge in [0.05, 0.1) is 33.3 Å². The molecule has 8 heteroatoms. The highest BCUT2D eigenvalue weighted by Crippen LogP contribution is 2.51. The Labute approximate surface area is 419 Å². The van der Waals surface area contributed by atoms with Crippen molar-refractivity contribution in [1.82, 2.24) is 38.9 Å². The van der Waals surface area contributed by atoms with Crippen LogP contribution in [0.15, 0.2) is 206 Å². The predicted molar refractivity (Wildman–Crippen MR) is 297 cm³/mol. The Morgan fingerprint density at radius 3 is 1.38 bits per heavy atom. The lowest BCUT2D eigenvalue weighted by Gasteiger charge is -2.35. The predicted octanol–water partition coefficient (Wildman–Crippen LogP) is 14.6. The van der Waals surface area contributed by atoms with Crippen molar-refractivity contribution < 1.29 is 0 Å². The van der Waals surface area contributed by atoms with Gasteiger partial charge in [-0.15, -0.1) is 0 Å². The number of hydrogen-bond acceptors (Lipinski definition) is 6. The Morgan fingerprint density at radius 2 is 0.808 bits per heavy atom. The van der Waals surface area contributed by atoms with E-state index in [1.807, 2.05) is 97.1 Å². The Morgan fingerprint density at radius 1 is 0.342 bits per heavy atom. The summed E-state index contributed by atoms with van der Waals surface area (Å²) in [6.45, 7) is 9.67. The second-order valence-electron chi connectivity index (χ2n) is 19.6.